The number of aliphatic hydroxyl groups is 1. The van der Waals surface area contributed by atoms with Gasteiger partial charge in [-0.25, -0.2) is 4.68 Å². The van der Waals surface area contributed by atoms with E-state index in [1.807, 2.05) is 18.5 Å². The number of nitrogens with zero attached hydrogens (tertiary/aromatic N) is 6. The lowest BCUT2D eigenvalue weighted by Gasteiger charge is -2.01. The molecule has 0 saturated carbocycles. The van der Waals surface area contributed by atoms with Crippen LogP contribution in [-0.4, -0.2) is 34.9 Å². The molecule has 0 fully saturated rings. The van der Waals surface area contributed by atoms with E-state index in [0.717, 1.165) is 5.82 Å². The van der Waals surface area contributed by atoms with E-state index in [1.165, 1.54) is 0 Å². The fourth-order valence-corrected chi connectivity index (χ4v) is 1.35. The molecule has 2 aromatic heterocycles. The lowest BCUT2D eigenvalue weighted by molar-refractivity contribution is 0.168. The van der Waals surface area contributed by atoms with Crippen molar-refractivity contribution >= 4 is 0 Å². The SMILES string of the molecule is CCC(O)c1cn(Cc2nncn2C)nn1. The number of hydrogen-bond acceptors (Lipinski definition) is 5. The van der Waals surface area contributed by atoms with Gasteiger partial charge in [0.25, 0.3) is 0 Å². The summed E-state index contributed by atoms with van der Waals surface area (Å²) >= 11 is 0. The molecule has 16 heavy (non-hydrogen) atoms. The van der Waals surface area contributed by atoms with E-state index < -0.39 is 6.10 Å². The summed E-state index contributed by atoms with van der Waals surface area (Å²) in [5.74, 6) is 0.794. The fraction of sp³-hybridized carbons (Fsp3) is 0.556. The summed E-state index contributed by atoms with van der Waals surface area (Å²) in [5, 5.41) is 25.1. The van der Waals surface area contributed by atoms with E-state index >= 15 is 0 Å². The Balaban J connectivity index is 2.11. The van der Waals surface area contributed by atoms with Crippen molar-refractivity contribution in [3.05, 3.63) is 24.0 Å². The maximum absolute atomic E-state index is 9.57. The van der Waals surface area contributed by atoms with E-state index in [9.17, 15) is 5.11 Å². The average Bonchev–Trinajstić information content (AvgIpc) is 2.89. The Hall–Kier alpha value is -1.76. The Kier molecular flexibility index (Phi) is 2.95. The standard InChI is InChI=1S/C9H14N6O/c1-3-8(16)7-4-15(13-11-7)5-9-12-10-6-14(9)2/h4,6,8,16H,3,5H2,1-2H3. The molecule has 7 heteroatoms. The van der Waals surface area contributed by atoms with Crippen molar-refractivity contribution < 1.29 is 5.11 Å². The number of aromatic nitrogens is 6. The van der Waals surface area contributed by atoms with Crippen molar-refractivity contribution in [2.24, 2.45) is 7.05 Å². The van der Waals surface area contributed by atoms with Crippen LogP contribution in [0.2, 0.25) is 0 Å². The summed E-state index contributed by atoms with van der Waals surface area (Å²) in [5.41, 5.74) is 0.588. The first kappa shape index (κ1) is 10.7. The molecule has 2 heterocycles. The summed E-state index contributed by atoms with van der Waals surface area (Å²) in [6, 6.07) is 0. The van der Waals surface area contributed by atoms with E-state index in [4.69, 9.17) is 0 Å². The quantitative estimate of drug-likeness (QED) is 0.781. The molecule has 86 valence electrons. The first-order valence-electron chi connectivity index (χ1n) is 5.11. The zero-order valence-corrected chi connectivity index (χ0v) is 9.28. The molecular formula is C9H14N6O. The van der Waals surface area contributed by atoms with Gasteiger partial charge in [-0.15, -0.1) is 15.3 Å². The Labute approximate surface area is 92.7 Å². The van der Waals surface area contributed by atoms with Crippen molar-refractivity contribution in [3.63, 3.8) is 0 Å². The summed E-state index contributed by atoms with van der Waals surface area (Å²) in [6.07, 6.45) is 3.44. The Bertz CT molecular complexity index is 462. The van der Waals surface area contributed by atoms with Gasteiger partial charge in [0.05, 0.1) is 12.3 Å². The summed E-state index contributed by atoms with van der Waals surface area (Å²) in [7, 11) is 1.87. The molecule has 1 atom stereocenters. The van der Waals surface area contributed by atoms with Crippen LogP contribution in [0.15, 0.2) is 12.5 Å². The number of hydrogen-bond donors (Lipinski definition) is 1. The van der Waals surface area contributed by atoms with Gasteiger partial charge in [-0.1, -0.05) is 12.1 Å². The molecule has 1 unspecified atom stereocenters. The monoisotopic (exact) mass is 222 g/mol. The second-order valence-corrected chi connectivity index (χ2v) is 3.62. The van der Waals surface area contributed by atoms with Crippen molar-refractivity contribution in [3.8, 4) is 0 Å². The second-order valence-electron chi connectivity index (χ2n) is 3.62. The van der Waals surface area contributed by atoms with Crippen LogP contribution < -0.4 is 0 Å². The van der Waals surface area contributed by atoms with Crippen LogP contribution in [0.4, 0.5) is 0 Å². The minimum absolute atomic E-state index is 0.500. The van der Waals surface area contributed by atoms with Gasteiger partial charge in [0, 0.05) is 7.05 Å². The zero-order valence-electron chi connectivity index (χ0n) is 9.28. The smallest absolute Gasteiger partial charge is 0.154 e. The normalized spacial score (nSPS) is 12.9. The molecule has 0 radical (unpaired) electrons. The van der Waals surface area contributed by atoms with Crippen molar-refractivity contribution in [2.75, 3.05) is 0 Å². The van der Waals surface area contributed by atoms with Gasteiger partial charge in [-0.05, 0) is 6.42 Å². The predicted octanol–water partition coefficient (Wildman–Crippen LogP) is -0.102. The van der Waals surface area contributed by atoms with E-state index in [0.29, 0.717) is 18.7 Å². The van der Waals surface area contributed by atoms with Crippen molar-refractivity contribution in [1.82, 2.24) is 29.8 Å². The summed E-state index contributed by atoms with van der Waals surface area (Å²) < 4.78 is 3.45. The number of rotatable bonds is 4. The largest absolute Gasteiger partial charge is 0.387 e. The molecule has 0 bridgehead atoms. The van der Waals surface area contributed by atoms with E-state index in [-0.39, 0.29) is 0 Å². The molecule has 0 amide bonds. The third kappa shape index (κ3) is 2.08. The Morgan fingerprint density at radius 2 is 2.25 bits per heavy atom. The molecule has 0 aromatic carbocycles. The lowest BCUT2D eigenvalue weighted by atomic mass is 10.2. The Morgan fingerprint density at radius 1 is 1.44 bits per heavy atom. The summed E-state index contributed by atoms with van der Waals surface area (Å²) in [4.78, 5) is 0. The number of aliphatic hydroxyl groups excluding tert-OH is 1. The highest BCUT2D eigenvalue weighted by molar-refractivity contribution is 4.98. The van der Waals surface area contributed by atoms with Gasteiger partial charge < -0.3 is 9.67 Å². The van der Waals surface area contributed by atoms with Crippen LogP contribution in [0.25, 0.3) is 0 Å². The minimum Gasteiger partial charge on any atom is -0.387 e. The van der Waals surface area contributed by atoms with Gasteiger partial charge in [-0.3, -0.25) is 0 Å². The fourth-order valence-electron chi connectivity index (χ4n) is 1.35. The summed E-state index contributed by atoms with van der Waals surface area (Å²) in [6.45, 7) is 2.40. The lowest BCUT2D eigenvalue weighted by Crippen LogP contribution is -2.06. The van der Waals surface area contributed by atoms with Gasteiger partial charge in [0.15, 0.2) is 5.82 Å². The molecule has 7 nitrogen and oxygen atoms in total. The highest BCUT2D eigenvalue weighted by Crippen LogP contribution is 2.12. The van der Waals surface area contributed by atoms with Gasteiger partial charge >= 0.3 is 0 Å². The van der Waals surface area contributed by atoms with Crippen molar-refractivity contribution in [1.29, 1.82) is 0 Å². The Morgan fingerprint density at radius 3 is 2.88 bits per heavy atom. The maximum Gasteiger partial charge on any atom is 0.154 e. The number of aryl methyl sites for hydroxylation is 1. The molecule has 0 aliphatic carbocycles. The van der Waals surface area contributed by atoms with Gasteiger partial charge in [0.1, 0.15) is 18.6 Å². The van der Waals surface area contributed by atoms with Crippen molar-refractivity contribution in [2.45, 2.75) is 26.0 Å². The molecule has 1 N–H and O–H groups in total. The third-order valence-electron chi connectivity index (χ3n) is 2.39. The molecule has 2 rings (SSSR count). The highest BCUT2D eigenvalue weighted by Gasteiger charge is 2.10. The highest BCUT2D eigenvalue weighted by atomic mass is 16.3. The van der Waals surface area contributed by atoms with E-state index in [2.05, 4.69) is 20.5 Å². The van der Waals surface area contributed by atoms with Crippen LogP contribution in [0.5, 0.6) is 0 Å². The van der Waals surface area contributed by atoms with Crippen LogP contribution in [0.3, 0.4) is 0 Å². The topological polar surface area (TPSA) is 81.6 Å². The first-order chi connectivity index (χ1) is 7.70. The van der Waals surface area contributed by atoms with Crippen LogP contribution in [-0.2, 0) is 13.6 Å². The van der Waals surface area contributed by atoms with Crippen LogP contribution >= 0.6 is 0 Å². The molecule has 2 aromatic rings. The molecule has 0 aliphatic heterocycles. The first-order valence-corrected chi connectivity index (χ1v) is 5.11. The molecular weight excluding hydrogens is 208 g/mol. The second kappa shape index (κ2) is 4.40. The molecule has 0 saturated heterocycles. The van der Waals surface area contributed by atoms with Gasteiger partial charge in [0.2, 0.25) is 0 Å². The average molecular weight is 222 g/mol. The molecule has 0 aliphatic rings. The third-order valence-corrected chi connectivity index (χ3v) is 2.39. The van der Waals surface area contributed by atoms with Gasteiger partial charge in [-0.2, -0.15) is 0 Å². The predicted molar refractivity (Wildman–Crippen MR) is 55.4 cm³/mol. The zero-order chi connectivity index (χ0) is 11.5. The maximum atomic E-state index is 9.57. The van der Waals surface area contributed by atoms with Crippen LogP contribution in [0, 0.1) is 0 Å². The molecule has 0 spiro atoms. The van der Waals surface area contributed by atoms with Crippen LogP contribution in [0.1, 0.15) is 31.0 Å². The van der Waals surface area contributed by atoms with E-state index in [1.54, 1.807) is 17.2 Å². The minimum atomic E-state index is -0.548.